The lowest BCUT2D eigenvalue weighted by Gasteiger charge is -2.05. The first-order valence-electron chi connectivity index (χ1n) is 5.17. The lowest BCUT2D eigenvalue weighted by Crippen LogP contribution is -2.18. The van der Waals surface area contributed by atoms with E-state index in [9.17, 15) is 4.79 Å². The zero-order chi connectivity index (χ0) is 11.8. The number of nitrogens with one attached hydrogen (secondary N) is 1. The van der Waals surface area contributed by atoms with E-state index in [-0.39, 0.29) is 0 Å². The monoisotopic (exact) mass is 217 g/mol. The highest BCUT2D eigenvalue weighted by atomic mass is 16.4. The molecule has 3 heteroatoms. The number of carbonyl (C=O) groups is 1. The summed E-state index contributed by atoms with van der Waals surface area (Å²) in [4.78, 5) is 10.9. The average molecular weight is 217 g/mol. The quantitative estimate of drug-likeness (QED) is 0.581. The molecule has 0 radical (unpaired) electrons. The highest BCUT2D eigenvalue weighted by Gasteiger charge is 2.07. The second kappa shape index (κ2) is 6.65. The van der Waals surface area contributed by atoms with Gasteiger partial charge in [-0.25, -0.2) is 4.79 Å². The van der Waals surface area contributed by atoms with Gasteiger partial charge in [0.15, 0.2) is 0 Å². The van der Waals surface area contributed by atoms with Crippen molar-refractivity contribution in [3.05, 3.63) is 35.4 Å². The molecule has 0 fully saturated rings. The Morgan fingerprint density at radius 2 is 2.19 bits per heavy atom. The molecule has 84 valence electrons. The molecule has 1 rings (SSSR count). The molecule has 0 aliphatic heterocycles. The van der Waals surface area contributed by atoms with Crippen LogP contribution in [0.15, 0.2) is 24.3 Å². The van der Waals surface area contributed by atoms with Gasteiger partial charge in [-0.1, -0.05) is 24.1 Å². The molecule has 0 aliphatic rings. The van der Waals surface area contributed by atoms with Crippen molar-refractivity contribution in [3.8, 4) is 11.8 Å². The zero-order valence-corrected chi connectivity index (χ0v) is 9.29. The summed E-state index contributed by atoms with van der Waals surface area (Å²) in [6.45, 7) is 3.17. The highest BCUT2D eigenvalue weighted by molar-refractivity contribution is 5.89. The first-order chi connectivity index (χ1) is 7.75. The number of rotatable bonds is 5. The molecule has 16 heavy (non-hydrogen) atoms. The van der Waals surface area contributed by atoms with E-state index < -0.39 is 5.97 Å². The van der Waals surface area contributed by atoms with Crippen LogP contribution in [0.2, 0.25) is 0 Å². The van der Waals surface area contributed by atoms with Gasteiger partial charge in [-0.2, -0.15) is 0 Å². The second-order valence-corrected chi connectivity index (χ2v) is 3.32. The fourth-order valence-corrected chi connectivity index (χ4v) is 1.41. The van der Waals surface area contributed by atoms with Gasteiger partial charge in [0, 0.05) is 6.54 Å². The van der Waals surface area contributed by atoms with Crippen molar-refractivity contribution >= 4 is 5.97 Å². The van der Waals surface area contributed by atoms with E-state index in [0.717, 1.165) is 12.1 Å². The molecule has 0 heterocycles. The number of hydrogen-bond acceptors (Lipinski definition) is 2. The smallest absolute Gasteiger partial charge is 0.335 e. The third-order valence-corrected chi connectivity index (χ3v) is 2.21. The van der Waals surface area contributed by atoms with Gasteiger partial charge in [0.2, 0.25) is 0 Å². The van der Waals surface area contributed by atoms with Gasteiger partial charge in [0.25, 0.3) is 0 Å². The van der Waals surface area contributed by atoms with E-state index in [1.807, 2.05) is 12.1 Å². The zero-order valence-electron chi connectivity index (χ0n) is 9.29. The van der Waals surface area contributed by atoms with E-state index >= 15 is 0 Å². The SMILES string of the molecule is CC#CCNCCc1ccccc1C(=O)O. The number of benzene rings is 1. The molecule has 0 amide bonds. The molecule has 0 spiro atoms. The summed E-state index contributed by atoms with van der Waals surface area (Å²) < 4.78 is 0. The molecule has 0 aliphatic carbocycles. The molecule has 0 aromatic heterocycles. The van der Waals surface area contributed by atoms with Crippen LogP contribution in [0.25, 0.3) is 0 Å². The van der Waals surface area contributed by atoms with E-state index in [0.29, 0.717) is 18.5 Å². The summed E-state index contributed by atoms with van der Waals surface area (Å²) in [5.74, 6) is 4.81. The van der Waals surface area contributed by atoms with Gasteiger partial charge < -0.3 is 10.4 Å². The normalized spacial score (nSPS) is 9.31. The van der Waals surface area contributed by atoms with Crippen LogP contribution < -0.4 is 5.32 Å². The Balaban J connectivity index is 2.52. The van der Waals surface area contributed by atoms with Crippen LogP contribution in [0.1, 0.15) is 22.8 Å². The van der Waals surface area contributed by atoms with Gasteiger partial charge in [0.05, 0.1) is 12.1 Å². The van der Waals surface area contributed by atoms with Gasteiger partial charge in [-0.15, -0.1) is 5.92 Å². The Morgan fingerprint density at radius 1 is 1.44 bits per heavy atom. The number of hydrogen-bond donors (Lipinski definition) is 2. The predicted molar refractivity (Wildman–Crippen MR) is 63.4 cm³/mol. The van der Waals surface area contributed by atoms with Crippen LogP contribution in [0.4, 0.5) is 0 Å². The molecular weight excluding hydrogens is 202 g/mol. The van der Waals surface area contributed by atoms with Crippen molar-refractivity contribution in [2.75, 3.05) is 13.1 Å². The van der Waals surface area contributed by atoms with Crippen molar-refractivity contribution in [2.45, 2.75) is 13.3 Å². The lowest BCUT2D eigenvalue weighted by atomic mass is 10.0. The third kappa shape index (κ3) is 3.76. The van der Waals surface area contributed by atoms with E-state index in [1.165, 1.54) is 0 Å². The van der Waals surface area contributed by atoms with Crippen LogP contribution in [0.3, 0.4) is 0 Å². The predicted octanol–water partition coefficient (Wildman–Crippen LogP) is 1.54. The minimum absolute atomic E-state index is 0.380. The maximum Gasteiger partial charge on any atom is 0.335 e. The number of carboxylic acids is 1. The topological polar surface area (TPSA) is 49.3 Å². The standard InChI is InChI=1S/C13H15NO2/c1-2-3-9-14-10-8-11-6-4-5-7-12(11)13(15)16/h4-7,14H,8-10H2,1H3,(H,15,16). The average Bonchev–Trinajstić information content (AvgIpc) is 2.29. The van der Waals surface area contributed by atoms with Gasteiger partial charge >= 0.3 is 5.97 Å². The maximum atomic E-state index is 10.9. The van der Waals surface area contributed by atoms with E-state index in [4.69, 9.17) is 5.11 Å². The molecule has 0 atom stereocenters. The Bertz CT molecular complexity index is 415. The molecule has 2 N–H and O–H groups in total. The van der Waals surface area contributed by atoms with Crippen LogP contribution in [-0.4, -0.2) is 24.2 Å². The fourth-order valence-electron chi connectivity index (χ4n) is 1.41. The molecule has 0 saturated heterocycles. The summed E-state index contributed by atoms with van der Waals surface area (Å²) in [5, 5.41) is 12.1. The van der Waals surface area contributed by atoms with Crippen molar-refractivity contribution < 1.29 is 9.90 Å². The minimum atomic E-state index is -0.871. The van der Waals surface area contributed by atoms with Gasteiger partial charge in [-0.3, -0.25) is 0 Å². The number of aromatic carboxylic acids is 1. The first kappa shape index (κ1) is 12.3. The van der Waals surface area contributed by atoms with E-state index in [1.54, 1.807) is 19.1 Å². The lowest BCUT2D eigenvalue weighted by molar-refractivity contribution is 0.0695. The van der Waals surface area contributed by atoms with Gasteiger partial charge in [0.1, 0.15) is 0 Å². The van der Waals surface area contributed by atoms with Crippen LogP contribution in [0, 0.1) is 11.8 Å². The van der Waals surface area contributed by atoms with Crippen LogP contribution >= 0.6 is 0 Å². The van der Waals surface area contributed by atoms with Crippen molar-refractivity contribution in [2.24, 2.45) is 0 Å². The van der Waals surface area contributed by atoms with Crippen molar-refractivity contribution in [1.82, 2.24) is 5.32 Å². The second-order valence-electron chi connectivity index (χ2n) is 3.32. The third-order valence-electron chi connectivity index (χ3n) is 2.21. The molecule has 0 saturated carbocycles. The molecule has 3 nitrogen and oxygen atoms in total. The fraction of sp³-hybridized carbons (Fsp3) is 0.308. The maximum absolute atomic E-state index is 10.9. The molecule has 0 bridgehead atoms. The molecule has 0 unspecified atom stereocenters. The van der Waals surface area contributed by atoms with Crippen LogP contribution in [-0.2, 0) is 6.42 Å². The summed E-state index contributed by atoms with van der Waals surface area (Å²) in [5.41, 5.74) is 1.23. The van der Waals surface area contributed by atoms with Gasteiger partial charge in [-0.05, 0) is 25.0 Å². The molecule has 1 aromatic carbocycles. The summed E-state index contributed by atoms with van der Waals surface area (Å²) in [6, 6.07) is 7.07. The highest BCUT2D eigenvalue weighted by Crippen LogP contribution is 2.08. The Kier molecular flexibility index (Phi) is 5.10. The Labute approximate surface area is 95.5 Å². The Morgan fingerprint density at radius 3 is 2.88 bits per heavy atom. The molecular formula is C13H15NO2. The number of carboxylic acid groups (broad SMARTS) is 1. The Hall–Kier alpha value is -1.79. The van der Waals surface area contributed by atoms with Crippen LogP contribution in [0.5, 0.6) is 0 Å². The summed E-state index contributed by atoms with van der Waals surface area (Å²) in [6.07, 6.45) is 0.702. The first-order valence-corrected chi connectivity index (χ1v) is 5.17. The summed E-state index contributed by atoms with van der Waals surface area (Å²) >= 11 is 0. The largest absolute Gasteiger partial charge is 0.478 e. The molecule has 1 aromatic rings. The van der Waals surface area contributed by atoms with Crippen molar-refractivity contribution in [3.63, 3.8) is 0 Å². The van der Waals surface area contributed by atoms with E-state index in [2.05, 4.69) is 17.2 Å². The minimum Gasteiger partial charge on any atom is -0.478 e. The van der Waals surface area contributed by atoms with Crippen molar-refractivity contribution in [1.29, 1.82) is 0 Å². The summed E-state index contributed by atoms with van der Waals surface area (Å²) in [7, 11) is 0.